The van der Waals surface area contributed by atoms with Gasteiger partial charge in [0, 0.05) is 18.2 Å². The molecular weight excluding hydrogens is 253 g/mol. The molecule has 0 aromatic heterocycles. The first-order valence-electron chi connectivity index (χ1n) is 7.79. The summed E-state index contributed by atoms with van der Waals surface area (Å²) in [6.45, 7) is 2.85. The Hall–Kier alpha value is -1.09. The number of benzene rings is 1. The molecule has 0 saturated heterocycles. The van der Waals surface area contributed by atoms with Crippen LogP contribution in [0.1, 0.15) is 51.0 Å². The van der Waals surface area contributed by atoms with Crippen molar-refractivity contribution in [3.05, 3.63) is 29.6 Å². The Morgan fingerprint density at radius 1 is 1.25 bits per heavy atom. The zero-order valence-electron chi connectivity index (χ0n) is 12.6. The molecule has 0 heterocycles. The highest BCUT2D eigenvalue weighted by Gasteiger charge is 2.20. The van der Waals surface area contributed by atoms with E-state index in [0.717, 1.165) is 5.92 Å². The first-order valence-corrected chi connectivity index (χ1v) is 7.79. The van der Waals surface area contributed by atoms with Gasteiger partial charge >= 0.3 is 0 Å². The van der Waals surface area contributed by atoms with Crippen LogP contribution in [0.2, 0.25) is 0 Å². The van der Waals surface area contributed by atoms with Crippen LogP contribution in [0.25, 0.3) is 0 Å². The van der Waals surface area contributed by atoms with Crippen molar-refractivity contribution < 1.29 is 9.13 Å². The Morgan fingerprint density at radius 2 is 2.00 bits per heavy atom. The summed E-state index contributed by atoms with van der Waals surface area (Å²) in [7, 11) is 1.50. The Kier molecular flexibility index (Phi) is 5.84. The molecule has 0 spiro atoms. The molecule has 2 nitrogen and oxygen atoms in total. The van der Waals surface area contributed by atoms with Crippen molar-refractivity contribution in [1.82, 2.24) is 5.32 Å². The van der Waals surface area contributed by atoms with E-state index in [0.29, 0.717) is 23.9 Å². The van der Waals surface area contributed by atoms with Crippen molar-refractivity contribution in [2.24, 2.45) is 5.92 Å². The lowest BCUT2D eigenvalue weighted by molar-refractivity contribution is 0.276. The molecule has 1 N–H and O–H groups in total. The summed E-state index contributed by atoms with van der Waals surface area (Å²) in [6, 6.07) is 5.87. The lowest BCUT2D eigenvalue weighted by Crippen LogP contribution is -2.33. The van der Waals surface area contributed by atoms with Crippen LogP contribution >= 0.6 is 0 Å². The summed E-state index contributed by atoms with van der Waals surface area (Å²) < 4.78 is 19.0. The van der Waals surface area contributed by atoms with Crippen molar-refractivity contribution in [3.63, 3.8) is 0 Å². The van der Waals surface area contributed by atoms with Gasteiger partial charge in [-0.25, -0.2) is 4.39 Å². The number of nitrogens with one attached hydrogen (secondary N) is 1. The monoisotopic (exact) mass is 279 g/mol. The van der Waals surface area contributed by atoms with Crippen molar-refractivity contribution in [3.8, 4) is 5.75 Å². The summed E-state index contributed by atoms with van der Waals surface area (Å²) in [5, 5.41) is 3.50. The minimum absolute atomic E-state index is 0.234. The Balaban J connectivity index is 1.82. The molecular formula is C17H26FNO. The minimum Gasteiger partial charge on any atom is -0.494 e. The van der Waals surface area contributed by atoms with Crippen molar-refractivity contribution >= 4 is 0 Å². The van der Waals surface area contributed by atoms with E-state index in [1.54, 1.807) is 6.07 Å². The number of rotatable bonds is 6. The van der Waals surface area contributed by atoms with Crippen LogP contribution < -0.4 is 10.1 Å². The van der Waals surface area contributed by atoms with Gasteiger partial charge in [0.25, 0.3) is 0 Å². The summed E-state index contributed by atoms with van der Waals surface area (Å²) in [5.41, 5.74) is 0.694. The molecule has 20 heavy (non-hydrogen) atoms. The zero-order valence-corrected chi connectivity index (χ0v) is 12.6. The smallest absolute Gasteiger partial charge is 0.169 e. The summed E-state index contributed by atoms with van der Waals surface area (Å²) in [5.74, 6) is 1.00. The molecule has 1 saturated carbocycles. The predicted molar refractivity (Wildman–Crippen MR) is 80.4 cm³/mol. The standard InChI is InChI=1S/C17H26FNO/c1-3-5-13-8-10-15(11-9-13)19-12-14-6-4-7-16(20-2)17(14)18/h4,6-7,13,15,19H,3,5,8-12H2,1-2H3. The van der Waals surface area contributed by atoms with E-state index < -0.39 is 0 Å². The lowest BCUT2D eigenvalue weighted by Gasteiger charge is -2.29. The molecule has 0 atom stereocenters. The fraction of sp³-hybridized carbons (Fsp3) is 0.647. The van der Waals surface area contributed by atoms with Crippen LogP contribution in [-0.2, 0) is 6.54 Å². The van der Waals surface area contributed by atoms with E-state index in [9.17, 15) is 4.39 Å². The van der Waals surface area contributed by atoms with E-state index in [2.05, 4.69) is 12.2 Å². The molecule has 0 unspecified atom stereocenters. The van der Waals surface area contributed by atoms with Gasteiger partial charge in [-0.2, -0.15) is 0 Å². The fourth-order valence-corrected chi connectivity index (χ4v) is 3.17. The van der Waals surface area contributed by atoms with E-state index >= 15 is 0 Å². The molecule has 0 radical (unpaired) electrons. The molecule has 0 bridgehead atoms. The molecule has 1 aliphatic rings. The fourth-order valence-electron chi connectivity index (χ4n) is 3.17. The molecule has 1 aromatic rings. The SMILES string of the molecule is CCCC1CCC(NCc2cccc(OC)c2F)CC1. The van der Waals surface area contributed by atoms with E-state index in [4.69, 9.17) is 4.74 Å². The normalized spacial score (nSPS) is 22.8. The lowest BCUT2D eigenvalue weighted by atomic mass is 9.83. The van der Waals surface area contributed by atoms with Crippen LogP contribution in [0.15, 0.2) is 18.2 Å². The molecule has 3 heteroatoms. The zero-order chi connectivity index (χ0) is 14.4. The largest absolute Gasteiger partial charge is 0.494 e. The summed E-state index contributed by atoms with van der Waals surface area (Å²) >= 11 is 0. The number of hydrogen-bond donors (Lipinski definition) is 1. The maximum Gasteiger partial charge on any atom is 0.169 e. The number of halogens is 1. The second kappa shape index (κ2) is 7.63. The number of hydrogen-bond acceptors (Lipinski definition) is 2. The topological polar surface area (TPSA) is 21.3 Å². The van der Waals surface area contributed by atoms with Gasteiger partial charge < -0.3 is 10.1 Å². The average Bonchev–Trinajstić information content (AvgIpc) is 2.48. The van der Waals surface area contributed by atoms with Gasteiger partial charge in [-0.05, 0) is 37.7 Å². The summed E-state index contributed by atoms with van der Waals surface area (Å²) in [4.78, 5) is 0. The molecule has 0 aliphatic heterocycles. The van der Waals surface area contributed by atoms with Gasteiger partial charge in [-0.3, -0.25) is 0 Å². The number of methoxy groups -OCH3 is 1. The van der Waals surface area contributed by atoms with Crippen LogP contribution in [-0.4, -0.2) is 13.2 Å². The third-order valence-corrected chi connectivity index (χ3v) is 4.39. The highest BCUT2D eigenvalue weighted by molar-refractivity contribution is 5.30. The van der Waals surface area contributed by atoms with Crippen molar-refractivity contribution in [2.45, 2.75) is 58.0 Å². The first kappa shape index (κ1) is 15.3. The maximum absolute atomic E-state index is 14.0. The quantitative estimate of drug-likeness (QED) is 0.839. The molecule has 112 valence electrons. The van der Waals surface area contributed by atoms with Crippen LogP contribution in [0.4, 0.5) is 4.39 Å². The highest BCUT2D eigenvalue weighted by Crippen LogP contribution is 2.28. The van der Waals surface area contributed by atoms with E-state index in [1.165, 1.54) is 45.6 Å². The van der Waals surface area contributed by atoms with Gasteiger partial charge in [0.2, 0.25) is 0 Å². The van der Waals surface area contributed by atoms with Gasteiger partial charge in [0.05, 0.1) is 7.11 Å². The number of ether oxygens (including phenoxy) is 1. The van der Waals surface area contributed by atoms with Crippen LogP contribution in [0.3, 0.4) is 0 Å². The average molecular weight is 279 g/mol. The highest BCUT2D eigenvalue weighted by atomic mass is 19.1. The Morgan fingerprint density at radius 3 is 2.65 bits per heavy atom. The molecule has 1 fully saturated rings. The maximum atomic E-state index is 14.0. The van der Waals surface area contributed by atoms with Crippen LogP contribution in [0, 0.1) is 11.7 Å². The molecule has 2 rings (SSSR count). The third-order valence-electron chi connectivity index (χ3n) is 4.39. The second-order valence-electron chi connectivity index (χ2n) is 5.82. The van der Waals surface area contributed by atoms with E-state index in [1.807, 2.05) is 12.1 Å². The second-order valence-corrected chi connectivity index (χ2v) is 5.82. The Labute approximate surface area is 121 Å². The summed E-state index contributed by atoms with van der Waals surface area (Å²) in [6.07, 6.45) is 7.71. The molecule has 1 aliphatic carbocycles. The van der Waals surface area contributed by atoms with Crippen LogP contribution in [0.5, 0.6) is 5.75 Å². The van der Waals surface area contributed by atoms with Gasteiger partial charge in [-0.15, -0.1) is 0 Å². The Bertz CT molecular complexity index is 413. The predicted octanol–water partition coefficient (Wildman–Crippen LogP) is 4.28. The van der Waals surface area contributed by atoms with E-state index in [-0.39, 0.29) is 5.82 Å². The minimum atomic E-state index is -0.234. The third kappa shape index (κ3) is 3.95. The van der Waals surface area contributed by atoms with Gasteiger partial charge in [0.15, 0.2) is 11.6 Å². The van der Waals surface area contributed by atoms with Crippen molar-refractivity contribution in [1.29, 1.82) is 0 Å². The van der Waals surface area contributed by atoms with Crippen molar-refractivity contribution in [2.75, 3.05) is 7.11 Å². The molecule has 1 aromatic carbocycles. The molecule has 0 amide bonds. The first-order chi connectivity index (χ1) is 9.74. The van der Waals surface area contributed by atoms with Gasteiger partial charge in [-0.1, -0.05) is 31.9 Å². The van der Waals surface area contributed by atoms with Gasteiger partial charge in [0.1, 0.15) is 0 Å².